The Hall–Kier alpha value is -0.0800. The van der Waals surface area contributed by atoms with Crippen molar-refractivity contribution in [2.45, 2.75) is 46.3 Å². The number of aliphatic hydroxyl groups excluding tert-OH is 2. The second-order valence-electron chi connectivity index (χ2n) is 4.82. The molecule has 0 amide bonds. The summed E-state index contributed by atoms with van der Waals surface area (Å²) in [6.45, 7) is 8.20. The molecule has 0 heterocycles. The third-order valence-electron chi connectivity index (χ3n) is 3.57. The van der Waals surface area contributed by atoms with Crippen LogP contribution in [0.1, 0.15) is 34.1 Å². The summed E-state index contributed by atoms with van der Waals surface area (Å²) in [6, 6.07) is 0. The lowest BCUT2D eigenvalue weighted by Crippen LogP contribution is -2.36. The number of aliphatic hydroxyl groups is 2. The Bertz CT molecular complexity index is 161. The standard InChI is InChI=1S/C9H18O2/c1-8(2)5-6(10)7(11)9(8,3)4/h6-7,10-11H,5H2,1-4H3. The highest BCUT2D eigenvalue weighted by atomic mass is 16.3. The molecule has 0 aliphatic heterocycles. The Morgan fingerprint density at radius 2 is 1.55 bits per heavy atom. The molecule has 11 heavy (non-hydrogen) atoms. The van der Waals surface area contributed by atoms with E-state index in [4.69, 9.17) is 0 Å². The van der Waals surface area contributed by atoms with Crippen LogP contribution in [0.3, 0.4) is 0 Å². The topological polar surface area (TPSA) is 40.5 Å². The van der Waals surface area contributed by atoms with Gasteiger partial charge in [-0.05, 0) is 17.3 Å². The van der Waals surface area contributed by atoms with Gasteiger partial charge < -0.3 is 10.2 Å². The van der Waals surface area contributed by atoms with Crippen molar-refractivity contribution in [3.63, 3.8) is 0 Å². The first-order valence-corrected chi connectivity index (χ1v) is 4.15. The van der Waals surface area contributed by atoms with Crippen molar-refractivity contribution >= 4 is 0 Å². The zero-order chi connectivity index (χ0) is 8.86. The van der Waals surface area contributed by atoms with Gasteiger partial charge in [-0.25, -0.2) is 0 Å². The van der Waals surface area contributed by atoms with E-state index in [0.29, 0.717) is 6.42 Å². The highest BCUT2D eigenvalue weighted by molar-refractivity contribution is 5.02. The summed E-state index contributed by atoms with van der Waals surface area (Å²) in [4.78, 5) is 0. The Balaban J connectivity index is 2.92. The molecule has 2 N–H and O–H groups in total. The predicted octanol–water partition coefficient (Wildman–Crippen LogP) is 1.16. The van der Waals surface area contributed by atoms with Crippen LogP contribution in [0.15, 0.2) is 0 Å². The molecule has 1 aliphatic rings. The zero-order valence-electron chi connectivity index (χ0n) is 7.76. The second-order valence-corrected chi connectivity index (χ2v) is 4.82. The van der Waals surface area contributed by atoms with Gasteiger partial charge in [0.15, 0.2) is 0 Å². The third-order valence-corrected chi connectivity index (χ3v) is 3.57. The Kier molecular flexibility index (Phi) is 1.81. The van der Waals surface area contributed by atoms with E-state index in [-0.39, 0.29) is 10.8 Å². The van der Waals surface area contributed by atoms with E-state index in [1.54, 1.807) is 0 Å². The van der Waals surface area contributed by atoms with E-state index in [1.165, 1.54) is 0 Å². The summed E-state index contributed by atoms with van der Waals surface area (Å²) >= 11 is 0. The normalized spacial score (nSPS) is 40.9. The minimum atomic E-state index is -0.572. The van der Waals surface area contributed by atoms with Crippen molar-refractivity contribution in [3.8, 4) is 0 Å². The van der Waals surface area contributed by atoms with Crippen molar-refractivity contribution in [1.29, 1.82) is 0 Å². The van der Waals surface area contributed by atoms with E-state index in [2.05, 4.69) is 13.8 Å². The Labute approximate surface area is 68.2 Å². The average Bonchev–Trinajstić information content (AvgIpc) is 1.93. The molecule has 2 nitrogen and oxygen atoms in total. The van der Waals surface area contributed by atoms with Gasteiger partial charge in [-0.3, -0.25) is 0 Å². The molecule has 0 spiro atoms. The summed E-state index contributed by atoms with van der Waals surface area (Å²) in [5.74, 6) is 0. The van der Waals surface area contributed by atoms with Crippen LogP contribution in [0.25, 0.3) is 0 Å². The van der Waals surface area contributed by atoms with Gasteiger partial charge in [0.1, 0.15) is 0 Å². The summed E-state index contributed by atoms with van der Waals surface area (Å²) in [7, 11) is 0. The minimum absolute atomic E-state index is 0.0336. The van der Waals surface area contributed by atoms with Crippen LogP contribution >= 0.6 is 0 Å². The van der Waals surface area contributed by atoms with Gasteiger partial charge in [0.25, 0.3) is 0 Å². The maximum Gasteiger partial charge on any atom is 0.0855 e. The van der Waals surface area contributed by atoms with E-state index < -0.39 is 12.2 Å². The smallest absolute Gasteiger partial charge is 0.0855 e. The lowest BCUT2D eigenvalue weighted by atomic mass is 9.70. The van der Waals surface area contributed by atoms with E-state index in [9.17, 15) is 10.2 Å². The van der Waals surface area contributed by atoms with Gasteiger partial charge in [-0.1, -0.05) is 27.7 Å². The first-order valence-electron chi connectivity index (χ1n) is 4.15. The fraction of sp³-hybridized carbons (Fsp3) is 1.00. The average molecular weight is 158 g/mol. The lowest BCUT2D eigenvalue weighted by Gasteiger charge is -2.36. The molecule has 1 fully saturated rings. The zero-order valence-corrected chi connectivity index (χ0v) is 7.76. The van der Waals surface area contributed by atoms with Gasteiger partial charge in [-0.15, -0.1) is 0 Å². The van der Waals surface area contributed by atoms with Crippen molar-refractivity contribution < 1.29 is 10.2 Å². The number of rotatable bonds is 0. The molecule has 1 rings (SSSR count). The quantitative estimate of drug-likeness (QED) is 0.555. The fourth-order valence-electron chi connectivity index (χ4n) is 1.78. The monoisotopic (exact) mass is 158 g/mol. The van der Waals surface area contributed by atoms with Crippen LogP contribution in [-0.4, -0.2) is 22.4 Å². The van der Waals surface area contributed by atoms with Crippen molar-refractivity contribution in [3.05, 3.63) is 0 Å². The SMILES string of the molecule is CC1(C)CC(O)C(O)C1(C)C. The maximum absolute atomic E-state index is 9.61. The van der Waals surface area contributed by atoms with Gasteiger partial charge in [0.2, 0.25) is 0 Å². The summed E-state index contributed by atoms with van der Waals surface area (Å²) in [5.41, 5.74) is -0.141. The van der Waals surface area contributed by atoms with Gasteiger partial charge in [0, 0.05) is 0 Å². The van der Waals surface area contributed by atoms with E-state index in [0.717, 1.165) is 0 Å². The molecule has 0 saturated heterocycles. The molecule has 1 aliphatic carbocycles. The molecule has 0 aromatic heterocycles. The highest BCUT2D eigenvalue weighted by Crippen LogP contribution is 2.51. The first kappa shape index (κ1) is 9.01. The predicted molar refractivity (Wildman–Crippen MR) is 44.2 cm³/mol. The molecule has 0 radical (unpaired) electrons. The van der Waals surface area contributed by atoms with Crippen LogP contribution in [0.5, 0.6) is 0 Å². The fourth-order valence-corrected chi connectivity index (χ4v) is 1.78. The minimum Gasteiger partial charge on any atom is -0.390 e. The molecule has 2 heteroatoms. The first-order chi connectivity index (χ1) is 4.79. The van der Waals surface area contributed by atoms with Crippen LogP contribution in [0.4, 0.5) is 0 Å². The van der Waals surface area contributed by atoms with E-state index >= 15 is 0 Å². The summed E-state index contributed by atoms with van der Waals surface area (Å²) in [5, 5.41) is 19.0. The number of hydrogen-bond donors (Lipinski definition) is 2. The van der Waals surface area contributed by atoms with Gasteiger partial charge in [0.05, 0.1) is 12.2 Å². The summed E-state index contributed by atoms with van der Waals surface area (Å²) < 4.78 is 0. The third kappa shape index (κ3) is 1.09. The largest absolute Gasteiger partial charge is 0.390 e. The van der Waals surface area contributed by atoms with Crippen molar-refractivity contribution in [2.75, 3.05) is 0 Å². The molecular weight excluding hydrogens is 140 g/mol. The molecule has 2 atom stereocenters. The van der Waals surface area contributed by atoms with Gasteiger partial charge in [-0.2, -0.15) is 0 Å². The molecule has 66 valence electrons. The molecule has 1 saturated carbocycles. The van der Waals surface area contributed by atoms with Crippen LogP contribution < -0.4 is 0 Å². The van der Waals surface area contributed by atoms with Gasteiger partial charge >= 0.3 is 0 Å². The van der Waals surface area contributed by atoms with Crippen molar-refractivity contribution in [2.24, 2.45) is 10.8 Å². The molecule has 0 bridgehead atoms. The number of hydrogen-bond acceptors (Lipinski definition) is 2. The van der Waals surface area contributed by atoms with E-state index in [1.807, 2.05) is 13.8 Å². The maximum atomic E-state index is 9.61. The van der Waals surface area contributed by atoms with Crippen LogP contribution in [0, 0.1) is 10.8 Å². The lowest BCUT2D eigenvalue weighted by molar-refractivity contribution is -0.0238. The Morgan fingerprint density at radius 1 is 1.09 bits per heavy atom. The highest BCUT2D eigenvalue weighted by Gasteiger charge is 2.52. The van der Waals surface area contributed by atoms with Crippen LogP contribution in [0.2, 0.25) is 0 Å². The van der Waals surface area contributed by atoms with Crippen molar-refractivity contribution in [1.82, 2.24) is 0 Å². The van der Waals surface area contributed by atoms with Crippen LogP contribution in [-0.2, 0) is 0 Å². The Morgan fingerprint density at radius 3 is 1.64 bits per heavy atom. The molecular formula is C9H18O2. The molecule has 0 aromatic carbocycles. The molecule has 0 aromatic rings. The molecule has 2 unspecified atom stereocenters. The summed E-state index contributed by atoms with van der Waals surface area (Å²) in [6.07, 6.45) is -0.418. The second kappa shape index (κ2) is 2.20.